The molecule has 0 spiro atoms. The van der Waals surface area contributed by atoms with Gasteiger partial charge in [-0.1, -0.05) is 0 Å². The Labute approximate surface area is 98.1 Å². The molecule has 5 nitrogen and oxygen atoms in total. The average Bonchev–Trinajstić information content (AvgIpc) is 2.83. The van der Waals surface area contributed by atoms with Gasteiger partial charge in [-0.05, 0) is 24.3 Å². The molecule has 84 valence electrons. The van der Waals surface area contributed by atoms with E-state index in [1.807, 2.05) is 41.9 Å². The zero-order valence-corrected chi connectivity index (χ0v) is 9.33. The van der Waals surface area contributed by atoms with Gasteiger partial charge in [0.05, 0.1) is 6.20 Å². The molecular weight excluding hydrogens is 214 g/mol. The minimum absolute atomic E-state index is 0.750. The highest BCUT2D eigenvalue weighted by molar-refractivity contribution is 5.62. The van der Waals surface area contributed by atoms with E-state index in [0.29, 0.717) is 0 Å². The van der Waals surface area contributed by atoms with Crippen molar-refractivity contribution in [1.82, 2.24) is 19.6 Å². The van der Waals surface area contributed by atoms with E-state index in [1.54, 1.807) is 12.4 Å². The Kier molecular flexibility index (Phi) is 2.22. The van der Waals surface area contributed by atoms with Gasteiger partial charge in [-0.3, -0.25) is 9.38 Å². The second kappa shape index (κ2) is 3.86. The molecule has 1 N–H and O–H groups in total. The van der Waals surface area contributed by atoms with E-state index in [9.17, 15) is 0 Å². The van der Waals surface area contributed by atoms with Gasteiger partial charge in [0.15, 0.2) is 11.5 Å². The molecule has 17 heavy (non-hydrogen) atoms. The topological polar surface area (TPSA) is 55.1 Å². The molecular formula is C12H11N5. The SMILES string of the molecule is CNc1ccc(-c2nnc3cnccn23)cc1. The van der Waals surface area contributed by atoms with E-state index in [1.165, 1.54) is 0 Å². The summed E-state index contributed by atoms with van der Waals surface area (Å²) in [6.07, 6.45) is 5.27. The van der Waals surface area contributed by atoms with Gasteiger partial charge >= 0.3 is 0 Å². The molecule has 0 radical (unpaired) electrons. The van der Waals surface area contributed by atoms with Gasteiger partial charge < -0.3 is 5.32 Å². The van der Waals surface area contributed by atoms with Gasteiger partial charge in [0, 0.05) is 30.7 Å². The summed E-state index contributed by atoms with van der Waals surface area (Å²) in [7, 11) is 1.90. The number of anilines is 1. The summed E-state index contributed by atoms with van der Waals surface area (Å²) < 4.78 is 1.92. The number of hydrogen-bond donors (Lipinski definition) is 1. The van der Waals surface area contributed by atoms with E-state index < -0.39 is 0 Å². The number of benzene rings is 1. The summed E-state index contributed by atoms with van der Waals surface area (Å²) in [6, 6.07) is 8.06. The molecule has 0 saturated heterocycles. The van der Waals surface area contributed by atoms with Crippen molar-refractivity contribution in [2.45, 2.75) is 0 Å². The van der Waals surface area contributed by atoms with Crippen LogP contribution >= 0.6 is 0 Å². The Morgan fingerprint density at radius 2 is 1.94 bits per heavy atom. The maximum absolute atomic E-state index is 4.17. The molecule has 0 fully saturated rings. The monoisotopic (exact) mass is 225 g/mol. The second-order valence-corrected chi connectivity index (χ2v) is 3.66. The fraction of sp³-hybridized carbons (Fsp3) is 0.0833. The first-order chi connectivity index (χ1) is 8.38. The third-order valence-corrected chi connectivity index (χ3v) is 2.65. The summed E-state index contributed by atoms with van der Waals surface area (Å²) >= 11 is 0. The van der Waals surface area contributed by atoms with Crippen LogP contribution in [0.15, 0.2) is 42.9 Å². The number of fused-ring (bicyclic) bond motifs is 1. The third-order valence-electron chi connectivity index (χ3n) is 2.65. The molecule has 0 aliphatic rings. The molecule has 2 aromatic heterocycles. The minimum atomic E-state index is 0.750. The zero-order valence-electron chi connectivity index (χ0n) is 9.33. The van der Waals surface area contributed by atoms with Crippen molar-refractivity contribution in [3.8, 4) is 11.4 Å². The number of nitrogens with one attached hydrogen (secondary N) is 1. The van der Waals surface area contributed by atoms with Gasteiger partial charge in [-0.25, -0.2) is 0 Å². The van der Waals surface area contributed by atoms with Crippen LogP contribution in [0.1, 0.15) is 0 Å². The van der Waals surface area contributed by atoms with E-state index in [0.717, 1.165) is 22.7 Å². The van der Waals surface area contributed by atoms with E-state index in [2.05, 4.69) is 20.5 Å². The van der Waals surface area contributed by atoms with Gasteiger partial charge in [0.25, 0.3) is 0 Å². The molecule has 3 rings (SSSR count). The van der Waals surface area contributed by atoms with Crippen LogP contribution in [0.2, 0.25) is 0 Å². The van der Waals surface area contributed by atoms with Crippen LogP contribution in [0.25, 0.3) is 17.0 Å². The van der Waals surface area contributed by atoms with Crippen LogP contribution in [0.3, 0.4) is 0 Å². The molecule has 0 aliphatic carbocycles. The largest absolute Gasteiger partial charge is 0.388 e. The summed E-state index contributed by atoms with van der Waals surface area (Å²) in [6.45, 7) is 0. The normalized spacial score (nSPS) is 10.6. The van der Waals surface area contributed by atoms with E-state index in [4.69, 9.17) is 0 Å². The quantitative estimate of drug-likeness (QED) is 0.723. The molecule has 2 heterocycles. The Morgan fingerprint density at radius 1 is 1.12 bits per heavy atom. The van der Waals surface area contributed by atoms with Crippen LogP contribution in [-0.2, 0) is 0 Å². The number of aromatic nitrogens is 4. The fourth-order valence-corrected chi connectivity index (χ4v) is 1.74. The zero-order chi connectivity index (χ0) is 11.7. The van der Waals surface area contributed by atoms with E-state index >= 15 is 0 Å². The summed E-state index contributed by atoms with van der Waals surface area (Å²) in [5.74, 6) is 0.824. The average molecular weight is 225 g/mol. The molecule has 3 aromatic rings. The predicted octanol–water partition coefficient (Wildman–Crippen LogP) is 1.83. The lowest BCUT2D eigenvalue weighted by molar-refractivity contribution is 1.11. The molecule has 0 atom stereocenters. The van der Waals surface area contributed by atoms with Crippen molar-refractivity contribution in [3.63, 3.8) is 0 Å². The number of hydrogen-bond acceptors (Lipinski definition) is 4. The first kappa shape index (κ1) is 9.77. The molecule has 5 heteroatoms. The first-order valence-electron chi connectivity index (χ1n) is 5.31. The standard InChI is InChI=1S/C12H11N5/c1-13-10-4-2-9(3-5-10)12-16-15-11-8-14-6-7-17(11)12/h2-8,13H,1H3. The van der Waals surface area contributed by atoms with Crippen LogP contribution < -0.4 is 5.32 Å². The molecule has 0 aliphatic heterocycles. The Hall–Kier alpha value is -2.43. The van der Waals surface area contributed by atoms with Crippen molar-refractivity contribution >= 4 is 11.3 Å². The Balaban J connectivity index is 2.13. The van der Waals surface area contributed by atoms with Crippen molar-refractivity contribution in [3.05, 3.63) is 42.9 Å². The maximum Gasteiger partial charge on any atom is 0.179 e. The second-order valence-electron chi connectivity index (χ2n) is 3.66. The lowest BCUT2D eigenvalue weighted by Gasteiger charge is -2.02. The highest BCUT2D eigenvalue weighted by Gasteiger charge is 2.06. The lowest BCUT2D eigenvalue weighted by atomic mass is 10.2. The van der Waals surface area contributed by atoms with Crippen LogP contribution in [-0.4, -0.2) is 26.6 Å². The van der Waals surface area contributed by atoms with Crippen LogP contribution in [0.5, 0.6) is 0 Å². The molecule has 0 unspecified atom stereocenters. The Bertz CT molecular complexity index is 641. The molecule has 0 amide bonds. The summed E-state index contributed by atoms with van der Waals surface area (Å²) in [5, 5.41) is 11.3. The van der Waals surface area contributed by atoms with Crippen LogP contribution in [0.4, 0.5) is 5.69 Å². The van der Waals surface area contributed by atoms with Gasteiger partial charge in [0.2, 0.25) is 0 Å². The molecule has 0 saturated carbocycles. The number of nitrogens with zero attached hydrogens (tertiary/aromatic N) is 4. The summed E-state index contributed by atoms with van der Waals surface area (Å²) in [4.78, 5) is 4.01. The fourth-order valence-electron chi connectivity index (χ4n) is 1.74. The van der Waals surface area contributed by atoms with Crippen molar-refractivity contribution in [2.24, 2.45) is 0 Å². The van der Waals surface area contributed by atoms with Crippen molar-refractivity contribution in [2.75, 3.05) is 12.4 Å². The van der Waals surface area contributed by atoms with E-state index in [-0.39, 0.29) is 0 Å². The van der Waals surface area contributed by atoms with Crippen molar-refractivity contribution < 1.29 is 0 Å². The maximum atomic E-state index is 4.17. The molecule has 1 aromatic carbocycles. The third kappa shape index (κ3) is 1.61. The highest BCUT2D eigenvalue weighted by Crippen LogP contribution is 2.19. The van der Waals surface area contributed by atoms with Gasteiger partial charge in [-0.2, -0.15) is 0 Å². The highest BCUT2D eigenvalue weighted by atomic mass is 15.2. The minimum Gasteiger partial charge on any atom is -0.388 e. The lowest BCUT2D eigenvalue weighted by Crippen LogP contribution is -1.91. The van der Waals surface area contributed by atoms with Crippen LogP contribution in [0, 0.1) is 0 Å². The van der Waals surface area contributed by atoms with Gasteiger partial charge in [0.1, 0.15) is 0 Å². The predicted molar refractivity (Wildman–Crippen MR) is 65.8 cm³/mol. The Morgan fingerprint density at radius 3 is 2.71 bits per heavy atom. The molecule has 0 bridgehead atoms. The first-order valence-corrected chi connectivity index (χ1v) is 5.31. The number of rotatable bonds is 2. The summed E-state index contributed by atoms with van der Waals surface area (Å²) in [5.41, 5.74) is 2.85. The smallest absolute Gasteiger partial charge is 0.179 e. The van der Waals surface area contributed by atoms with Crippen molar-refractivity contribution in [1.29, 1.82) is 0 Å². The van der Waals surface area contributed by atoms with Gasteiger partial charge in [-0.15, -0.1) is 10.2 Å².